The Morgan fingerprint density at radius 2 is 2.35 bits per heavy atom. The molecule has 0 unspecified atom stereocenters. The topological polar surface area (TPSA) is 106 Å². The summed E-state index contributed by atoms with van der Waals surface area (Å²) in [4.78, 5) is 14.6. The van der Waals surface area contributed by atoms with Crippen molar-refractivity contribution in [2.24, 2.45) is 5.73 Å². The van der Waals surface area contributed by atoms with E-state index in [-0.39, 0.29) is 6.61 Å². The molecule has 0 aromatic carbocycles. The van der Waals surface area contributed by atoms with E-state index in [1.807, 2.05) is 12.1 Å². The molecule has 20 heavy (non-hydrogen) atoms. The molecule has 0 atom stereocenters. The number of amides is 1. The highest BCUT2D eigenvalue weighted by Gasteiger charge is 2.07. The first kappa shape index (κ1) is 14.2. The summed E-state index contributed by atoms with van der Waals surface area (Å²) in [7, 11) is 0. The number of nitrogens with zero attached hydrogens (tertiary/aromatic N) is 2. The van der Waals surface area contributed by atoms with Gasteiger partial charge in [-0.05, 0) is 12.1 Å². The lowest BCUT2D eigenvalue weighted by Crippen LogP contribution is -2.23. The summed E-state index contributed by atoms with van der Waals surface area (Å²) in [5.74, 6) is -0.460. The van der Waals surface area contributed by atoms with Gasteiger partial charge in [0.05, 0.1) is 18.5 Å². The van der Waals surface area contributed by atoms with Crippen LogP contribution in [0, 0.1) is 0 Å². The van der Waals surface area contributed by atoms with Crippen LogP contribution in [0.25, 0.3) is 11.3 Å². The number of primary amides is 1. The molecule has 7 nitrogen and oxygen atoms in total. The number of carbonyl (C=O) groups excluding carboxylic acids is 1. The van der Waals surface area contributed by atoms with Crippen LogP contribution in [0.3, 0.4) is 0 Å². The second-order valence-corrected chi connectivity index (χ2v) is 4.21. The number of aromatic nitrogens is 3. The quantitative estimate of drug-likeness (QED) is 0.591. The molecule has 0 bridgehead atoms. The van der Waals surface area contributed by atoms with E-state index in [1.165, 1.54) is 0 Å². The highest BCUT2D eigenvalue weighted by atomic mass is 16.5. The van der Waals surface area contributed by atoms with Crippen molar-refractivity contribution in [1.82, 2.24) is 20.5 Å². The molecule has 106 valence electrons. The van der Waals surface area contributed by atoms with Crippen molar-refractivity contribution in [2.75, 3.05) is 19.8 Å². The molecular formula is C13H17N5O2. The number of H-pyrrole nitrogens is 1. The first-order chi connectivity index (χ1) is 9.77. The highest BCUT2D eigenvalue weighted by molar-refractivity contribution is 5.74. The third-order valence-corrected chi connectivity index (χ3v) is 2.65. The van der Waals surface area contributed by atoms with E-state index in [4.69, 9.17) is 10.5 Å². The summed E-state index contributed by atoms with van der Waals surface area (Å²) in [5, 5.41) is 10.2. The van der Waals surface area contributed by atoms with E-state index >= 15 is 0 Å². The van der Waals surface area contributed by atoms with Gasteiger partial charge in [-0.2, -0.15) is 5.10 Å². The van der Waals surface area contributed by atoms with Gasteiger partial charge in [0.2, 0.25) is 5.91 Å². The summed E-state index contributed by atoms with van der Waals surface area (Å²) in [5.41, 5.74) is 7.96. The van der Waals surface area contributed by atoms with Crippen LogP contribution >= 0.6 is 0 Å². The average molecular weight is 275 g/mol. The lowest BCUT2D eigenvalue weighted by Gasteiger charge is -2.06. The van der Waals surface area contributed by atoms with Crippen LogP contribution < -0.4 is 11.1 Å². The molecule has 0 fully saturated rings. The minimum atomic E-state index is -0.460. The fourth-order valence-corrected chi connectivity index (χ4v) is 1.75. The summed E-state index contributed by atoms with van der Waals surface area (Å²) >= 11 is 0. The maximum absolute atomic E-state index is 10.5. The Kier molecular flexibility index (Phi) is 5.22. The van der Waals surface area contributed by atoms with E-state index in [9.17, 15) is 4.79 Å². The first-order valence-electron chi connectivity index (χ1n) is 6.27. The van der Waals surface area contributed by atoms with Gasteiger partial charge in [-0.15, -0.1) is 0 Å². The summed E-state index contributed by atoms with van der Waals surface area (Å²) < 4.78 is 5.06. The van der Waals surface area contributed by atoms with E-state index < -0.39 is 5.91 Å². The highest BCUT2D eigenvalue weighted by Crippen LogP contribution is 2.19. The minimum absolute atomic E-state index is 0.0473. The van der Waals surface area contributed by atoms with Gasteiger partial charge in [0.15, 0.2) is 0 Å². The van der Waals surface area contributed by atoms with E-state index in [2.05, 4.69) is 20.5 Å². The maximum Gasteiger partial charge on any atom is 0.243 e. The van der Waals surface area contributed by atoms with Gasteiger partial charge in [-0.3, -0.25) is 14.9 Å². The number of hydrogen-bond acceptors (Lipinski definition) is 5. The van der Waals surface area contributed by atoms with Gasteiger partial charge < -0.3 is 15.8 Å². The lowest BCUT2D eigenvalue weighted by molar-refractivity contribution is -0.122. The number of ether oxygens (including phenoxy) is 1. The molecular weight excluding hydrogens is 258 g/mol. The monoisotopic (exact) mass is 275 g/mol. The first-order valence-corrected chi connectivity index (χ1v) is 6.27. The number of aromatic amines is 1. The molecule has 2 rings (SSSR count). The molecule has 4 N–H and O–H groups in total. The molecule has 0 aliphatic rings. The molecule has 0 aliphatic carbocycles. The zero-order valence-electron chi connectivity index (χ0n) is 11.0. The minimum Gasteiger partial charge on any atom is -0.370 e. The largest absolute Gasteiger partial charge is 0.370 e. The molecule has 7 heteroatoms. The van der Waals surface area contributed by atoms with Crippen molar-refractivity contribution in [3.05, 3.63) is 36.3 Å². The molecule has 0 saturated heterocycles. The number of rotatable bonds is 8. The Bertz CT molecular complexity index is 541. The van der Waals surface area contributed by atoms with Gasteiger partial charge in [0.1, 0.15) is 6.61 Å². The predicted octanol–water partition coefficient (Wildman–Crippen LogP) is 0.0632. The zero-order valence-corrected chi connectivity index (χ0v) is 11.0. The summed E-state index contributed by atoms with van der Waals surface area (Å²) in [6.07, 6.45) is 5.29. The molecule has 2 aromatic rings. The maximum atomic E-state index is 10.5. The molecule has 0 aliphatic heterocycles. The standard InChI is InChI=1S/C13H17N5O2/c14-12(19)9-20-5-4-16-7-11-8-17-18-13(11)10-2-1-3-15-6-10/h1-3,6,8,16H,4-5,7,9H2,(H2,14,19)(H,17,18). The molecule has 0 spiro atoms. The Morgan fingerprint density at radius 3 is 3.10 bits per heavy atom. The molecule has 2 heterocycles. The molecule has 0 saturated carbocycles. The number of nitrogens with one attached hydrogen (secondary N) is 2. The normalized spacial score (nSPS) is 10.6. The van der Waals surface area contributed by atoms with Crippen molar-refractivity contribution >= 4 is 5.91 Å². The smallest absolute Gasteiger partial charge is 0.243 e. The average Bonchev–Trinajstić information content (AvgIpc) is 2.92. The van der Waals surface area contributed by atoms with Crippen LogP contribution in [-0.4, -0.2) is 40.8 Å². The summed E-state index contributed by atoms with van der Waals surface area (Å²) in [6, 6.07) is 3.85. The third-order valence-electron chi connectivity index (χ3n) is 2.65. The number of nitrogens with two attached hydrogens (primary N) is 1. The van der Waals surface area contributed by atoms with E-state index in [0.29, 0.717) is 19.7 Å². The van der Waals surface area contributed by atoms with Crippen molar-refractivity contribution in [1.29, 1.82) is 0 Å². The fourth-order valence-electron chi connectivity index (χ4n) is 1.75. The number of hydrogen-bond donors (Lipinski definition) is 3. The number of pyridine rings is 1. The number of carbonyl (C=O) groups is 1. The van der Waals surface area contributed by atoms with Crippen molar-refractivity contribution in [2.45, 2.75) is 6.54 Å². The van der Waals surface area contributed by atoms with Gasteiger partial charge >= 0.3 is 0 Å². The Hall–Kier alpha value is -2.25. The van der Waals surface area contributed by atoms with Crippen LogP contribution in [0.5, 0.6) is 0 Å². The van der Waals surface area contributed by atoms with Gasteiger partial charge in [0.25, 0.3) is 0 Å². The van der Waals surface area contributed by atoms with Crippen LogP contribution in [-0.2, 0) is 16.1 Å². The third kappa shape index (κ3) is 4.15. The van der Waals surface area contributed by atoms with Crippen LogP contribution in [0.15, 0.2) is 30.7 Å². The van der Waals surface area contributed by atoms with Crippen molar-refractivity contribution < 1.29 is 9.53 Å². The second kappa shape index (κ2) is 7.37. The Morgan fingerprint density at radius 1 is 1.45 bits per heavy atom. The lowest BCUT2D eigenvalue weighted by atomic mass is 10.1. The second-order valence-electron chi connectivity index (χ2n) is 4.21. The molecule has 1 amide bonds. The van der Waals surface area contributed by atoms with Crippen LogP contribution in [0.4, 0.5) is 0 Å². The SMILES string of the molecule is NC(=O)COCCNCc1cn[nH]c1-c1cccnc1. The van der Waals surface area contributed by atoms with Crippen LogP contribution in [0.1, 0.15) is 5.56 Å². The summed E-state index contributed by atoms with van der Waals surface area (Å²) in [6.45, 7) is 1.67. The predicted molar refractivity (Wildman–Crippen MR) is 73.5 cm³/mol. The van der Waals surface area contributed by atoms with Crippen LogP contribution in [0.2, 0.25) is 0 Å². The van der Waals surface area contributed by atoms with Gasteiger partial charge in [0, 0.05) is 36.6 Å². The van der Waals surface area contributed by atoms with Gasteiger partial charge in [-0.25, -0.2) is 0 Å². The van der Waals surface area contributed by atoms with Crippen molar-refractivity contribution in [3.8, 4) is 11.3 Å². The molecule has 0 radical (unpaired) electrons. The van der Waals surface area contributed by atoms with E-state index in [1.54, 1.807) is 18.6 Å². The Labute approximate surface area is 116 Å². The van der Waals surface area contributed by atoms with Crippen molar-refractivity contribution in [3.63, 3.8) is 0 Å². The van der Waals surface area contributed by atoms with Gasteiger partial charge in [-0.1, -0.05) is 0 Å². The fraction of sp³-hybridized carbons (Fsp3) is 0.308. The Balaban J connectivity index is 1.80. The molecule has 2 aromatic heterocycles. The zero-order chi connectivity index (χ0) is 14.2. The van der Waals surface area contributed by atoms with E-state index in [0.717, 1.165) is 16.8 Å².